The van der Waals surface area contributed by atoms with E-state index in [-0.39, 0.29) is 11.8 Å². The van der Waals surface area contributed by atoms with E-state index in [0.717, 1.165) is 29.0 Å². The van der Waals surface area contributed by atoms with Crippen LogP contribution in [0.5, 0.6) is 11.5 Å². The molecular formula is C23H18Cl2N2O2. The normalized spacial score (nSPS) is 20.0. The van der Waals surface area contributed by atoms with E-state index >= 15 is 0 Å². The summed E-state index contributed by atoms with van der Waals surface area (Å²) in [6, 6.07) is 18.8. The number of hydrogen-bond donors (Lipinski definition) is 1. The molecule has 0 aromatic heterocycles. The third-order valence-electron chi connectivity index (χ3n) is 5.39. The second-order valence-electron chi connectivity index (χ2n) is 7.37. The van der Waals surface area contributed by atoms with Gasteiger partial charge in [-0.25, -0.2) is 5.01 Å². The van der Waals surface area contributed by atoms with Crippen molar-refractivity contribution >= 4 is 28.9 Å². The Hall–Kier alpha value is -2.69. The second kappa shape index (κ2) is 6.97. The number of ether oxygens (including phenoxy) is 1. The molecule has 0 saturated carbocycles. The fourth-order valence-corrected chi connectivity index (χ4v) is 4.27. The first kappa shape index (κ1) is 18.3. The standard InChI is InChI=1S/C23H18Cl2N2O2/c1-13-2-4-14(5-3-13)19-12-20-17-10-16(25)7-9-22(17)29-23(27(20)26-19)18-11-15(24)6-8-21(18)28/h2-11,20,23,28H,12H2,1H3/t20-,23-/m1/s1. The first-order chi connectivity index (χ1) is 14.0. The Labute approximate surface area is 178 Å². The zero-order valence-electron chi connectivity index (χ0n) is 15.6. The molecule has 0 saturated heterocycles. The zero-order valence-corrected chi connectivity index (χ0v) is 17.2. The largest absolute Gasteiger partial charge is 0.507 e. The van der Waals surface area contributed by atoms with Crippen molar-refractivity contribution in [1.82, 2.24) is 5.01 Å². The SMILES string of the molecule is Cc1ccc(C2=NN3[C@H](C2)c2cc(Cl)ccc2O[C@@H]3c2cc(Cl)ccc2O)cc1. The van der Waals surface area contributed by atoms with Gasteiger partial charge >= 0.3 is 0 Å². The van der Waals surface area contributed by atoms with E-state index in [9.17, 15) is 5.11 Å². The fourth-order valence-electron chi connectivity index (χ4n) is 3.91. The number of phenols is 1. The highest BCUT2D eigenvalue weighted by atomic mass is 35.5. The highest BCUT2D eigenvalue weighted by molar-refractivity contribution is 6.31. The van der Waals surface area contributed by atoms with Gasteiger partial charge in [0.05, 0.1) is 17.3 Å². The monoisotopic (exact) mass is 424 g/mol. The summed E-state index contributed by atoms with van der Waals surface area (Å²) in [6.45, 7) is 2.06. The smallest absolute Gasteiger partial charge is 0.217 e. The summed E-state index contributed by atoms with van der Waals surface area (Å²) >= 11 is 12.5. The Morgan fingerprint density at radius 1 is 0.966 bits per heavy atom. The zero-order chi connectivity index (χ0) is 20.1. The van der Waals surface area contributed by atoms with Gasteiger partial charge in [0.2, 0.25) is 6.23 Å². The Morgan fingerprint density at radius 2 is 1.66 bits per heavy atom. The van der Waals surface area contributed by atoms with Crippen LogP contribution in [0.2, 0.25) is 10.0 Å². The van der Waals surface area contributed by atoms with Crippen LogP contribution in [0.1, 0.15) is 40.9 Å². The lowest BCUT2D eigenvalue weighted by Gasteiger charge is -2.38. The van der Waals surface area contributed by atoms with Gasteiger partial charge in [-0.05, 0) is 48.9 Å². The summed E-state index contributed by atoms with van der Waals surface area (Å²) < 4.78 is 6.27. The number of fused-ring (bicyclic) bond motifs is 3. The molecule has 146 valence electrons. The number of nitrogens with zero attached hydrogens (tertiary/aromatic N) is 2. The van der Waals surface area contributed by atoms with Crippen LogP contribution in [0, 0.1) is 6.92 Å². The maximum absolute atomic E-state index is 10.5. The van der Waals surface area contributed by atoms with Crippen molar-refractivity contribution in [2.24, 2.45) is 5.10 Å². The van der Waals surface area contributed by atoms with E-state index in [4.69, 9.17) is 33.0 Å². The van der Waals surface area contributed by atoms with Gasteiger partial charge in [-0.1, -0.05) is 53.0 Å². The lowest BCUT2D eigenvalue weighted by Crippen LogP contribution is -2.33. The number of halogens is 2. The second-order valence-corrected chi connectivity index (χ2v) is 8.24. The highest BCUT2D eigenvalue weighted by Crippen LogP contribution is 2.49. The molecule has 0 spiro atoms. The first-order valence-corrected chi connectivity index (χ1v) is 10.1. The van der Waals surface area contributed by atoms with Crippen LogP contribution in [0.3, 0.4) is 0 Å². The van der Waals surface area contributed by atoms with Gasteiger partial charge in [0, 0.05) is 22.0 Å². The Bertz CT molecular complexity index is 1130. The molecule has 1 N–H and O–H groups in total. The predicted octanol–water partition coefficient (Wildman–Crippen LogP) is 6.25. The van der Waals surface area contributed by atoms with Gasteiger partial charge in [-0.15, -0.1) is 0 Å². The summed E-state index contributed by atoms with van der Waals surface area (Å²) in [5.41, 5.74) is 4.81. The Morgan fingerprint density at radius 3 is 2.41 bits per heavy atom. The molecule has 29 heavy (non-hydrogen) atoms. The van der Waals surface area contributed by atoms with Gasteiger partial charge in [-0.2, -0.15) is 5.10 Å². The molecule has 0 fully saturated rings. The van der Waals surface area contributed by atoms with Crippen LogP contribution in [-0.4, -0.2) is 15.8 Å². The van der Waals surface area contributed by atoms with Crippen molar-refractivity contribution in [1.29, 1.82) is 0 Å². The molecular weight excluding hydrogens is 407 g/mol. The number of aromatic hydroxyl groups is 1. The van der Waals surface area contributed by atoms with Crippen LogP contribution < -0.4 is 4.74 Å². The number of hydrogen-bond acceptors (Lipinski definition) is 4. The van der Waals surface area contributed by atoms with E-state index in [1.165, 1.54) is 5.56 Å². The van der Waals surface area contributed by atoms with Gasteiger partial charge in [0.25, 0.3) is 0 Å². The molecule has 4 nitrogen and oxygen atoms in total. The lowest BCUT2D eigenvalue weighted by molar-refractivity contribution is -0.0203. The molecule has 5 rings (SSSR count). The number of hydrazone groups is 1. The Balaban J connectivity index is 1.63. The van der Waals surface area contributed by atoms with Crippen molar-refractivity contribution in [3.63, 3.8) is 0 Å². The van der Waals surface area contributed by atoms with Crippen LogP contribution in [0.15, 0.2) is 65.8 Å². The van der Waals surface area contributed by atoms with Crippen LogP contribution in [0.25, 0.3) is 0 Å². The third kappa shape index (κ3) is 3.22. The minimum Gasteiger partial charge on any atom is -0.507 e. The summed E-state index contributed by atoms with van der Waals surface area (Å²) in [7, 11) is 0. The van der Waals surface area contributed by atoms with Crippen molar-refractivity contribution in [3.05, 3.63) is 93.0 Å². The minimum atomic E-state index is -0.588. The number of aryl methyl sites for hydroxylation is 1. The summed E-state index contributed by atoms with van der Waals surface area (Å²) in [4.78, 5) is 0. The maximum atomic E-state index is 10.5. The van der Waals surface area contributed by atoms with Crippen molar-refractivity contribution in [3.8, 4) is 11.5 Å². The van der Waals surface area contributed by atoms with E-state index < -0.39 is 6.23 Å². The molecule has 0 aliphatic carbocycles. The van der Waals surface area contributed by atoms with E-state index in [0.29, 0.717) is 15.6 Å². The van der Waals surface area contributed by atoms with E-state index in [1.807, 2.05) is 23.2 Å². The van der Waals surface area contributed by atoms with Crippen LogP contribution in [0.4, 0.5) is 0 Å². The average Bonchev–Trinajstić information content (AvgIpc) is 3.16. The van der Waals surface area contributed by atoms with Crippen molar-refractivity contribution in [2.75, 3.05) is 0 Å². The van der Waals surface area contributed by atoms with Gasteiger partial charge in [-0.3, -0.25) is 0 Å². The summed E-state index contributed by atoms with van der Waals surface area (Å²) in [6.07, 6.45) is 0.132. The summed E-state index contributed by atoms with van der Waals surface area (Å²) in [5, 5.41) is 18.5. The van der Waals surface area contributed by atoms with Gasteiger partial charge in [0.15, 0.2) is 0 Å². The number of rotatable bonds is 2. The van der Waals surface area contributed by atoms with Crippen molar-refractivity contribution < 1.29 is 9.84 Å². The quantitative estimate of drug-likeness (QED) is 0.528. The first-order valence-electron chi connectivity index (χ1n) is 9.37. The molecule has 2 aliphatic rings. The van der Waals surface area contributed by atoms with Gasteiger partial charge < -0.3 is 9.84 Å². The number of benzene rings is 3. The molecule has 0 amide bonds. The molecule has 6 heteroatoms. The van der Waals surface area contributed by atoms with Crippen molar-refractivity contribution in [2.45, 2.75) is 25.6 Å². The van der Waals surface area contributed by atoms with E-state index in [1.54, 1.807) is 18.2 Å². The molecule has 0 radical (unpaired) electrons. The maximum Gasteiger partial charge on any atom is 0.217 e. The predicted molar refractivity (Wildman–Crippen MR) is 115 cm³/mol. The van der Waals surface area contributed by atoms with Gasteiger partial charge in [0.1, 0.15) is 11.5 Å². The third-order valence-corrected chi connectivity index (χ3v) is 5.86. The molecule has 0 unspecified atom stereocenters. The minimum absolute atomic E-state index is 0.0443. The molecule has 2 atom stereocenters. The fraction of sp³-hybridized carbons (Fsp3) is 0.174. The molecule has 0 bridgehead atoms. The molecule has 3 aromatic rings. The topological polar surface area (TPSA) is 45.1 Å². The lowest BCUT2D eigenvalue weighted by atomic mass is 9.95. The summed E-state index contributed by atoms with van der Waals surface area (Å²) in [5.74, 6) is 0.856. The van der Waals surface area contributed by atoms with Crippen LogP contribution >= 0.6 is 23.2 Å². The van der Waals surface area contributed by atoms with E-state index in [2.05, 4.69) is 31.2 Å². The molecule has 3 aromatic carbocycles. The Kier molecular flexibility index (Phi) is 4.41. The molecule has 2 aliphatic heterocycles. The highest BCUT2D eigenvalue weighted by Gasteiger charge is 2.42. The average molecular weight is 425 g/mol. The van der Waals surface area contributed by atoms with Crippen LogP contribution in [-0.2, 0) is 0 Å². The molecule has 2 heterocycles. The number of phenolic OH excluding ortho intramolecular Hbond substituents is 1.